The van der Waals surface area contributed by atoms with Crippen molar-refractivity contribution in [3.63, 3.8) is 0 Å². The number of esters is 1. The summed E-state index contributed by atoms with van der Waals surface area (Å²) < 4.78 is 10.4. The fourth-order valence-electron chi connectivity index (χ4n) is 4.02. The molecule has 0 rings (SSSR count). The molecule has 0 aliphatic carbocycles. The van der Waals surface area contributed by atoms with Gasteiger partial charge in [-0.1, -0.05) is 13.8 Å². The van der Waals surface area contributed by atoms with Gasteiger partial charge >= 0.3 is 18.0 Å². The molecule has 0 fully saturated rings. The van der Waals surface area contributed by atoms with E-state index in [1.807, 2.05) is 0 Å². The van der Waals surface area contributed by atoms with Crippen LogP contribution in [0.25, 0.3) is 0 Å². The lowest BCUT2D eigenvalue weighted by atomic mass is 9.87. The molecule has 45 heavy (non-hydrogen) atoms. The van der Waals surface area contributed by atoms with Gasteiger partial charge in [0.2, 0.25) is 17.7 Å². The van der Waals surface area contributed by atoms with Crippen LogP contribution in [0.4, 0.5) is 4.79 Å². The zero-order valence-corrected chi connectivity index (χ0v) is 28.5. The van der Waals surface area contributed by atoms with E-state index in [0.717, 1.165) is 0 Å². The molecular formula is C31H54N4O10. The predicted molar refractivity (Wildman–Crippen MR) is 166 cm³/mol. The minimum Gasteiger partial charge on any atom is -0.480 e. The van der Waals surface area contributed by atoms with Crippen molar-refractivity contribution in [2.45, 2.75) is 124 Å². The number of ketones is 1. The molecule has 0 saturated carbocycles. The molecule has 0 heterocycles. The highest BCUT2D eigenvalue weighted by Crippen LogP contribution is 2.20. The summed E-state index contributed by atoms with van der Waals surface area (Å²) in [6.45, 7) is 13.5. The second-order valence-corrected chi connectivity index (χ2v) is 13.5. The molecule has 14 nitrogen and oxygen atoms in total. The van der Waals surface area contributed by atoms with Crippen LogP contribution in [-0.2, 0) is 38.2 Å². The molecule has 258 valence electrons. The third kappa shape index (κ3) is 19.3. The molecule has 14 heteroatoms. The molecule has 0 bridgehead atoms. The molecule has 0 aliphatic rings. The van der Waals surface area contributed by atoms with Gasteiger partial charge in [-0.3, -0.25) is 24.0 Å². The minimum absolute atomic E-state index is 0.0263. The quantitative estimate of drug-likeness (QED) is 0.161. The summed E-state index contributed by atoms with van der Waals surface area (Å²) in [5.41, 5.74) is -1.49. The van der Waals surface area contributed by atoms with Crippen LogP contribution in [0, 0.1) is 11.8 Å². The number of carboxylic acid groups (broad SMARTS) is 1. The van der Waals surface area contributed by atoms with Crippen molar-refractivity contribution < 1.29 is 48.1 Å². The third-order valence-corrected chi connectivity index (χ3v) is 6.35. The highest BCUT2D eigenvalue weighted by Gasteiger charge is 2.32. The fraction of sp³-hybridized carbons (Fsp3) is 0.774. The standard InChI is InChI=1S/C31H54N4O10/c1-19(2)20(27(40)34-22(28(41)42)16-17-32-29(43)45-31(6,7)8)18-23(36)21(14-15-26(39)44-30(3,4)5)33-24(37)12-11-13-25(38)35(9)10/h19-22H,11-18H2,1-10H3,(H,32,43)(H,33,37)(H,34,40)(H,41,42)/t20-,21-,22-/m0/s1. The molecule has 0 radical (unpaired) electrons. The van der Waals surface area contributed by atoms with Crippen LogP contribution >= 0.6 is 0 Å². The predicted octanol–water partition coefficient (Wildman–Crippen LogP) is 2.57. The topological polar surface area (TPSA) is 198 Å². The molecule has 4 N–H and O–H groups in total. The Morgan fingerprint density at radius 2 is 1.36 bits per heavy atom. The van der Waals surface area contributed by atoms with E-state index in [2.05, 4.69) is 16.0 Å². The average Bonchev–Trinajstić information content (AvgIpc) is 2.86. The molecule has 0 saturated heterocycles. The number of amides is 4. The van der Waals surface area contributed by atoms with Crippen molar-refractivity contribution in [2.75, 3.05) is 20.6 Å². The van der Waals surface area contributed by atoms with E-state index in [0.29, 0.717) is 0 Å². The normalized spacial score (nSPS) is 13.6. The van der Waals surface area contributed by atoms with Crippen molar-refractivity contribution in [3.05, 3.63) is 0 Å². The van der Waals surface area contributed by atoms with Crippen LogP contribution in [0.1, 0.15) is 100 Å². The van der Waals surface area contributed by atoms with Crippen molar-refractivity contribution in [3.8, 4) is 0 Å². The van der Waals surface area contributed by atoms with Gasteiger partial charge in [-0.15, -0.1) is 0 Å². The van der Waals surface area contributed by atoms with Crippen LogP contribution in [0.15, 0.2) is 0 Å². The smallest absolute Gasteiger partial charge is 0.407 e. The van der Waals surface area contributed by atoms with Gasteiger partial charge in [0.25, 0.3) is 0 Å². The molecular weight excluding hydrogens is 588 g/mol. The number of nitrogens with zero attached hydrogens (tertiary/aromatic N) is 1. The second-order valence-electron chi connectivity index (χ2n) is 13.5. The number of hydrogen-bond donors (Lipinski definition) is 4. The number of nitrogens with one attached hydrogen (secondary N) is 3. The maximum atomic E-state index is 13.5. The maximum Gasteiger partial charge on any atom is 0.407 e. The van der Waals surface area contributed by atoms with Crippen molar-refractivity contribution in [2.24, 2.45) is 11.8 Å². The molecule has 0 spiro atoms. The van der Waals surface area contributed by atoms with E-state index in [1.54, 1.807) is 69.5 Å². The van der Waals surface area contributed by atoms with Crippen LogP contribution in [-0.4, -0.2) is 95.5 Å². The molecule has 0 aromatic carbocycles. The summed E-state index contributed by atoms with van der Waals surface area (Å²) in [6, 6.07) is -2.46. The molecule has 3 atom stereocenters. The van der Waals surface area contributed by atoms with Crippen LogP contribution in [0.5, 0.6) is 0 Å². The first-order valence-electron chi connectivity index (χ1n) is 15.3. The first-order valence-corrected chi connectivity index (χ1v) is 15.3. The number of carbonyl (C=O) groups is 7. The van der Waals surface area contributed by atoms with E-state index < -0.39 is 64.8 Å². The summed E-state index contributed by atoms with van der Waals surface area (Å²) >= 11 is 0. The van der Waals surface area contributed by atoms with E-state index in [4.69, 9.17) is 9.47 Å². The number of hydrogen-bond acceptors (Lipinski definition) is 9. The van der Waals surface area contributed by atoms with Gasteiger partial charge in [0.15, 0.2) is 5.78 Å². The Kier molecular flexibility index (Phi) is 17.4. The number of Topliss-reactive ketones (excluding diaryl/α,β-unsaturated/α-hetero) is 1. The largest absolute Gasteiger partial charge is 0.480 e. The molecule has 0 unspecified atom stereocenters. The Labute approximate surface area is 266 Å². The monoisotopic (exact) mass is 642 g/mol. The molecule has 0 aromatic heterocycles. The minimum atomic E-state index is -1.35. The summed E-state index contributed by atoms with van der Waals surface area (Å²) in [7, 11) is 3.21. The Morgan fingerprint density at radius 1 is 0.778 bits per heavy atom. The SMILES string of the molecule is CC(C)[C@H](CC(=O)[C@H](CCC(=O)OC(C)(C)C)NC(=O)CCCC(=O)N(C)C)C(=O)N[C@@H](CCNC(=O)OC(C)(C)C)C(=O)O. The van der Waals surface area contributed by atoms with E-state index in [1.165, 1.54) is 4.90 Å². The Morgan fingerprint density at radius 3 is 1.84 bits per heavy atom. The maximum absolute atomic E-state index is 13.5. The molecule has 4 amide bonds. The Balaban J connectivity index is 5.58. The zero-order valence-electron chi connectivity index (χ0n) is 28.5. The first-order chi connectivity index (χ1) is 20.5. The number of rotatable bonds is 18. The first kappa shape index (κ1) is 41.3. The van der Waals surface area contributed by atoms with Crippen LogP contribution in [0.3, 0.4) is 0 Å². The lowest BCUT2D eigenvalue weighted by Gasteiger charge is -2.25. The van der Waals surface area contributed by atoms with E-state index in [9.17, 15) is 38.7 Å². The number of carbonyl (C=O) groups excluding carboxylic acids is 6. The fourth-order valence-corrected chi connectivity index (χ4v) is 4.02. The van der Waals surface area contributed by atoms with Gasteiger partial charge in [-0.05, 0) is 66.7 Å². The van der Waals surface area contributed by atoms with Gasteiger partial charge in [0.1, 0.15) is 17.2 Å². The second kappa shape index (κ2) is 18.9. The summed E-state index contributed by atoms with van der Waals surface area (Å²) in [6.07, 6.45) is -1.06. The lowest BCUT2D eigenvalue weighted by Crippen LogP contribution is -2.48. The molecule has 0 aliphatic heterocycles. The van der Waals surface area contributed by atoms with E-state index >= 15 is 0 Å². The summed E-state index contributed by atoms with van der Waals surface area (Å²) in [5.74, 6) is -5.04. The number of ether oxygens (including phenoxy) is 2. The van der Waals surface area contributed by atoms with Crippen LogP contribution in [0.2, 0.25) is 0 Å². The third-order valence-electron chi connectivity index (χ3n) is 6.35. The van der Waals surface area contributed by atoms with Gasteiger partial charge in [0.05, 0.1) is 6.04 Å². The van der Waals surface area contributed by atoms with Gasteiger partial charge in [-0.25, -0.2) is 9.59 Å². The van der Waals surface area contributed by atoms with Crippen molar-refractivity contribution >= 4 is 41.5 Å². The Bertz CT molecular complexity index is 1040. The van der Waals surface area contributed by atoms with Gasteiger partial charge in [0, 0.05) is 52.2 Å². The van der Waals surface area contributed by atoms with Crippen molar-refractivity contribution in [1.82, 2.24) is 20.9 Å². The van der Waals surface area contributed by atoms with Gasteiger partial charge < -0.3 is 35.4 Å². The Hall–Kier alpha value is -3.71. The average molecular weight is 643 g/mol. The van der Waals surface area contributed by atoms with Gasteiger partial charge in [-0.2, -0.15) is 0 Å². The number of carboxylic acids is 1. The van der Waals surface area contributed by atoms with Crippen molar-refractivity contribution in [1.29, 1.82) is 0 Å². The summed E-state index contributed by atoms with van der Waals surface area (Å²) in [4.78, 5) is 88.7. The van der Waals surface area contributed by atoms with Crippen LogP contribution < -0.4 is 16.0 Å². The molecule has 0 aromatic rings. The highest BCUT2D eigenvalue weighted by atomic mass is 16.6. The van der Waals surface area contributed by atoms with E-state index in [-0.39, 0.29) is 63.3 Å². The highest BCUT2D eigenvalue weighted by molar-refractivity contribution is 5.94. The summed E-state index contributed by atoms with van der Waals surface area (Å²) in [5, 5.41) is 17.2. The number of aliphatic carboxylic acids is 1. The lowest BCUT2D eigenvalue weighted by molar-refractivity contribution is -0.155. The number of alkyl carbamates (subject to hydrolysis) is 1. The zero-order chi connectivity index (χ0) is 35.1.